The van der Waals surface area contributed by atoms with E-state index in [1.165, 1.54) is 4.90 Å². The lowest BCUT2D eigenvalue weighted by Crippen LogP contribution is -2.46. The zero-order chi connectivity index (χ0) is 16.3. The maximum absolute atomic E-state index is 12.6. The van der Waals surface area contributed by atoms with Crippen molar-refractivity contribution in [3.8, 4) is 0 Å². The highest BCUT2D eigenvalue weighted by Gasteiger charge is 2.39. The van der Waals surface area contributed by atoms with Gasteiger partial charge in [-0.05, 0) is 32.9 Å². The van der Waals surface area contributed by atoms with Crippen molar-refractivity contribution in [3.63, 3.8) is 0 Å². The highest BCUT2D eigenvalue weighted by Crippen LogP contribution is 2.24. The van der Waals surface area contributed by atoms with Crippen molar-refractivity contribution < 1.29 is 14.1 Å². The highest BCUT2D eigenvalue weighted by atomic mass is 16.5. The van der Waals surface area contributed by atoms with Gasteiger partial charge in [-0.1, -0.05) is 23.4 Å². The highest BCUT2D eigenvalue weighted by molar-refractivity contribution is 6.14. The molecule has 0 atom stereocenters. The van der Waals surface area contributed by atoms with Crippen LogP contribution in [0, 0.1) is 12.3 Å². The van der Waals surface area contributed by atoms with Crippen LogP contribution in [0.4, 0.5) is 11.5 Å². The van der Waals surface area contributed by atoms with Crippen LogP contribution in [0.1, 0.15) is 19.6 Å². The topological polar surface area (TPSA) is 75.4 Å². The number of nitrogens with zero attached hydrogens (tertiary/aromatic N) is 2. The van der Waals surface area contributed by atoms with Crippen LogP contribution in [0.2, 0.25) is 0 Å². The minimum Gasteiger partial charge on any atom is -0.360 e. The number of rotatable bonds is 4. The summed E-state index contributed by atoms with van der Waals surface area (Å²) in [5.41, 5.74) is -0.511. The Labute approximate surface area is 129 Å². The van der Waals surface area contributed by atoms with E-state index in [4.69, 9.17) is 4.52 Å². The summed E-state index contributed by atoms with van der Waals surface area (Å²) >= 11 is 0. The number of carbonyl (C=O) groups excluding carboxylic acids is 2. The van der Waals surface area contributed by atoms with Crippen molar-refractivity contribution in [1.29, 1.82) is 0 Å². The van der Waals surface area contributed by atoms with E-state index in [2.05, 4.69) is 10.5 Å². The van der Waals surface area contributed by atoms with Crippen LogP contribution in [-0.2, 0) is 9.59 Å². The molecule has 0 unspecified atom stereocenters. The Balaban J connectivity index is 2.14. The Morgan fingerprint density at radius 2 is 1.86 bits per heavy atom. The van der Waals surface area contributed by atoms with Crippen LogP contribution in [-0.4, -0.2) is 24.0 Å². The number of carbonyl (C=O) groups is 2. The standard InChI is InChI=1S/C16H19N3O3/c1-11-10-13(18-22-11)17-14(20)16(2,3)15(21)19(4)12-8-6-5-7-9-12/h5-10H,1-4H3,(H,17,18,20). The summed E-state index contributed by atoms with van der Waals surface area (Å²) in [4.78, 5) is 26.5. The van der Waals surface area contributed by atoms with Crippen LogP contribution in [0.5, 0.6) is 0 Å². The SMILES string of the molecule is Cc1cc(NC(=O)C(C)(C)C(=O)N(C)c2ccccc2)no1. The van der Waals surface area contributed by atoms with Gasteiger partial charge in [0.1, 0.15) is 11.2 Å². The minimum absolute atomic E-state index is 0.297. The summed E-state index contributed by atoms with van der Waals surface area (Å²) in [6.45, 7) is 4.89. The smallest absolute Gasteiger partial charge is 0.241 e. The molecule has 0 fully saturated rings. The van der Waals surface area contributed by atoms with Crippen molar-refractivity contribution >= 4 is 23.3 Å². The van der Waals surface area contributed by atoms with Crippen molar-refractivity contribution in [2.45, 2.75) is 20.8 Å². The molecule has 0 radical (unpaired) electrons. The zero-order valence-electron chi connectivity index (χ0n) is 13.1. The van der Waals surface area contributed by atoms with Gasteiger partial charge in [0.05, 0.1) is 0 Å². The number of aryl methyl sites for hydroxylation is 1. The second-order valence-electron chi connectivity index (χ2n) is 5.60. The molecular weight excluding hydrogens is 282 g/mol. The second-order valence-corrected chi connectivity index (χ2v) is 5.60. The van der Waals surface area contributed by atoms with Crippen molar-refractivity contribution in [3.05, 3.63) is 42.2 Å². The molecule has 0 saturated heterocycles. The van der Waals surface area contributed by atoms with E-state index in [-0.39, 0.29) is 5.91 Å². The van der Waals surface area contributed by atoms with E-state index in [0.29, 0.717) is 11.6 Å². The van der Waals surface area contributed by atoms with E-state index in [1.807, 2.05) is 30.3 Å². The number of aromatic nitrogens is 1. The van der Waals surface area contributed by atoms with Gasteiger partial charge in [-0.2, -0.15) is 0 Å². The molecule has 2 aromatic rings. The van der Waals surface area contributed by atoms with E-state index in [1.54, 1.807) is 33.9 Å². The lowest BCUT2D eigenvalue weighted by molar-refractivity contribution is -0.136. The molecule has 1 aromatic heterocycles. The Hall–Kier alpha value is -2.63. The van der Waals surface area contributed by atoms with Gasteiger partial charge < -0.3 is 14.7 Å². The fourth-order valence-electron chi connectivity index (χ4n) is 1.98. The first-order valence-electron chi connectivity index (χ1n) is 6.90. The molecule has 1 aromatic carbocycles. The van der Waals surface area contributed by atoms with Crippen molar-refractivity contribution in [1.82, 2.24) is 5.16 Å². The predicted molar refractivity (Wildman–Crippen MR) is 83.5 cm³/mol. The molecule has 0 aliphatic carbocycles. The molecule has 0 bridgehead atoms. The number of benzene rings is 1. The third kappa shape index (κ3) is 3.16. The predicted octanol–water partition coefficient (Wildman–Crippen LogP) is 2.61. The molecule has 1 heterocycles. The number of amides is 2. The Morgan fingerprint density at radius 3 is 2.41 bits per heavy atom. The van der Waals surface area contributed by atoms with E-state index < -0.39 is 11.3 Å². The van der Waals surface area contributed by atoms with Gasteiger partial charge in [0, 0.05) is 18.8 Å². The molecule has 0 aliphatic rings. The maximum Gasteiger partial charge on any atom is 0.241 e. The lowest BCUT2D eigenvalue weighted by Gasteiger charge is -2.28. The number of para-hydroxylation sites is 1. The quantitative estimate of drug-likeness (QED) is 0.881. The van der Waals surface area contributed by atoms with Crippen LogP contribution in [0.15, 0.2) is 40.9 Å². The van der Waals surface area contributed by atoms with Gasteiger partial charge in [0.25, 0.3) is 0 Å². The van der Waals surface area contributed by atoms with Gasteiger partial charge in [0.2, 0.25) is 11.8 Å². The molecule has 116 valence electrons. The van der Waals surface area contributed by atoms with Crippen LogP contribution in [0.25, 0.3) is 0 Å². The molecule has 22 heavy (non-hydrogen) atoms. The van der Waals surface area contributed by atoms with E-state index >= 15 is 0 Å². The molecule has 0 aliphatic heterocycles. The van der Waals surface area contributed by atoms with Crippen LogP contribution < -0.4 is 10.2 Å². The summed E-state index contributed by atoms with van der Waals surface area (Å²) in [6.07, 6.45) is 0. The summed E-state index contributed by atoms with van der Waals surface area (Å²) in [7, 11) is 1.65. The van der Waals surface area contributed by atoms with Crippen LogP contribution >= 0.6 is 0 Å². The fraction of sp³-hybridized carbons (Fsp3) is 0.312. The fourth-order valence-corrected chi connectivity index (χ4v) is 1.98. The number of nitrogens with one attached hydrogen (secondary N) is 1. The van der Waals surface area contributed by atoms with Crippen molar-refractivity contribution in [2.75, 3.05) is 17.3 Å². The monoisotopic (exact) mass is 301 g/mol. The van der Waals surface area contributed by atoms with Gasteiger partial charge in [0.15, 0.2) is 5.82 Å². The average Bonchev–Trinajstić information content (AvgIpc) is 2.91. The molecule has 6 nitrogen and oxygen atoms in total. The maximum atomic E-state index is 12.6. The number of hydrogen-bond acceptors (Lipinski definition) is 4. The normalized spacial score (nSPS) is 11.1. The molecule has 2 rings (SSSR count). The molecule has 0 spiro atoms. The van der Waals surface area contributed by atoms with Gasteiger partial charge >= 0.3 is 0 Å². The van der Waals surface area contributed by atoms with Gasteiger partial charge in [-0.15, -0.1) is 0 Å². The third-order valence-corrected chi connectivity index (χ3v) is 3.42. The summed E-state index contributed by atoms with van der Waals surface area (Å²) in [5.74, 6) is 0.136. The number of hydrogen-bond donors (Lipinski definition) is 1. The number of anilines is 2. The average molecular weight is 301 g/mol. The van der Waals surface area contributed by atoms with Crippen LogP contribution in [0.3, 0.4) is 0 Å². The Morgan fingerprint density at radius 1 is 1.23 bits per heavy atom. The summed E-state index contributed by atoms with van der Waals surface area (Å²) in [5, 5.41) is 6.30. The summed E-state index contributed by atoms with van der Waals surface area (Å²) in [6, 6.07) is 10.8. The van der Waals surface area contributed by atoms with E-state index in [0.717, 1.165) is 5.69 Å². The Bertz CT molecular complexity index is 677. The molecule has 1 N–H and O–H groups in total. The third-order valence-electron chi connectivity index (χ3n) is 3.42. The first kappa shape index (κ1) is 15.8. The van der Waals surface area contributed by atoms with Crippen molar-refractivity contribution in [2.24, 2.45) is 5.41 Å². The first-order valence-corrected chi connectivity index (χ1v) is 6.90. The zero-order valence-corrected chi connectivity index (χ0v) is 13.1. The first-order chi connectivity index (χ1) is 10.3. The Kier molecular flexibility index (Phi) is 4.30. The molecule has 0 saturated carbocycles. The van der Waals surface area contributed by atoms with E-state index in [9.17, 15) is 9.59 Å². The molecule has 2 amide bonds. The largest absolute Gasteiger partial charge is 0.360 e. The second kappa shape index (κ2) is 6.01. The summed E-state index contributed by atoms with van der Waals surface area (Å²) < 4.78 is 4.90. The molecular formula is C16H19N3O3. The molecule has 6 heteroatoms. The van der Waals surface area contributed by atoms with Gasteiger partial charge in [-0.25, -0.2) is 0 Å². The minimum atomic E-state index is -1.24. The lowest BCUT2D eigenvalue weighted by atomic mass is 9.90. The van der Waals surface area contributed by atoms with Gasteiger partial charge in [-0.3, -0.25) is 9.59 Å².